The molecule has 16 heavy (non-hydrogen) atoms. The predicted molar refractivity (Wildman–Crippen MR) is 63.9 cm³/mol. The lowest BCUT2D eigenvalue weighted by molar-refractivity contribution is 0.117. The van der Waals surface area contributed by atoms with Gasteiger partial charge in [0.05, 0.1) is 12.2 Å². The first-order valence-electron chi connectivity index (χ1n) is 6.43. The van der Waals surface area contributed by atoms with Crippen LogP contribution in [-0.4, -0.2) is 37.2 Å². The van der Waals surface area contributed by atoms with E-state index in [-0.39, 0.29) is 0 Å². The summed E-state index contributed by atoms with van der Waals surface area (Å²) in [4.78, 5) is 2.55. The van der Waals surface area contributed by atoms with E-state index in [2.05, 4.69) is 22.4 Å². The van der Waals surface area contributed by atoms with Crippen LogP contribution in [0, 0.1) is 5.92 Å². The quantitative estimate of drug-likeness (QED) is 0.724. The molecule has 3 rings (SSSR count). The van der Waals surface area contributed by atoms with Crippen molar-refractivity contribution < 1.29 is 4.74 Å². The molecule has 1 aliphatic carbocycles. The molecule has 88 valence electrons. The second-order valence-electron chi connectivity index (χ2n) is 4.83. The molecule has 0 aromatic carbocycles. The maximum Gasteiger partial charge on any atom is 0.110 e. The Kier molecular flexibility index (Phi) is 2.87. The van der Waals surface area contributed by atoms with Crippen LogP contribution >= 0.6 is 0 Å². The molecular formula is C13H20N2O. The Hall–Kier alpha value is -0.960. The Morgan fingerprint density at radius 2 is 2.31 bits per heavy atom. The highest BCUT2D eigenvalue weighted by Crippen LogP contribution is 2.34. The van der Waals surface area contributed by atoms with Crippen molar-refractivity contribution in [1.29, 1.82) is 0 Å². The maximum atomic E-state index is 5.65. The van der Waals surface area contributed by atoms with Crippen molar-refractivity contribution in [3.05, 3.63) is 24.1 Å². The number of nitrogens with one attached hydrogen (secondary N) is 1. The Bertz CT molecular complexity index is 303. The zero-order valence-corrected chi connectivity index (χ0v) is 9.69. The summed E-state index contributed by atoms with van der Waals surface area (Å²) in [6.45, 7) is 4.60. The fourth-order valence-corrected chi connectivity index (χ4v) is 2.95. The van der Waals surface area contributed by atoms with E-state index in [1.165, 1.54) is 31.5 Å². The molecule has 3 nitrogen and oxygen atoms in total. The van der Waals surface area contributed by atoms with Gasteiger partial charge in [-0.25, -0.2) is 0 Å². The van der Waals surface area contributed by atoms with Crippen LogP contribution in [0.1, 0.15) is 19.3 Å². The number of ether oxygens (including phenoxy) is 1. The van der Waals surface area contributed by atoms with Gasteiger partial charge >= 0.3 is 0 Å². The standard InChI is InChI=1S/C13H20N2O/c1-3-12(11-5-10-16-13(11)4-1)15-8-2-6-14-7-9-15/h3,5,10-11,13-14H,1-2,4,6-9H2. The molecule has 1 fully saturated rings. The topological polar surface area (TPSA) is 24.5 Å². The van der Waals surface area contributed by atoms with Crippen LogP contribution in [0.15, 0.2) is 24.1 Å². The summed E-state index contributed by atoms with van der Waals surface area (Å²) in [5, 5.41) is 3.46. The van der Waals surface area contributed by atoms with E-state index in [9.17, 15) is 0 Å². The molecule has 0 saturated carbocycles. The summed E-state index contributed by atoms with van der Waals surface area (Å²) in [6.07, 6.45) is 10.6. The van der Waals surface area contributed by atoms with E-state index in [0.717, 1.165) is 19.6 Å². The van der Waals surface area contributed by atoms with Crippen molar-refractivity contribution >= 4 is 0 Å². The van der Waals surface area contributed by atoms with Gasteiger partial charge in [0.1, 0.15) is 6.10 Å². The van der Waals surface area contributed by atoms with Crippen molar-refractivity contribution in [1.82, 2.24) is 10.2 Å². The van der Waals surface area contributed by atoms with Gasteiger partial charge in [-0.3, -0.25) is 0 Å². The average molecular weight is 220 g/mol. The van der Waals surface area contributed by atoms with Crippen LogP contribution in [0.3, 0.4) is 0 Å². The van der Waals surface area contributed by atoms with Gasteiger partial charge in [0.25, 0.3) is 0 Å². The summed E-state index contributed by atoms with van der Waals surface area (Å²) >= 11 is 0. The van der Waals surface area contributed by atoms with Gasteiger partial charge < -0.3 is 15.0 Å². The highest BCUT2D eigenvalue weighted by Gasteiger charge is 2.32. The second-order valence-corrected chi connectivity index (χ2v) is 4.83. The molecule has 0 aromatic rings. The molecule has 0 radical (unpaired) electrons. The summed E-state index contributed by atoms with van der Waals surface area (Å²) in [7, 11) is 0. The molecule has 3 aliphatic rings. The number of rotatable bonds is 1. The molecule has 2 unspecified atom stereocenters. The first-order valence-corrected chi connectivity index (χ1v) is 6.43. The third kappa shape index (κ3) is 1.84. The van der Waals surface area contributed by atoms with Gasteiger partial charge in [0.15, 0.2) is 0 Å². The highest BCUT2D eigenvalue weighted by molar-refractivity contribution is 5.20. The van der Waals surface area contributed by atoms with E-state index in [4.69, 9.17) is 4.74 Å². The third-order valence-corrected chi connectivity index (χ3v) is 3.79. The number of allylic oxidation sites excluding steroid dienone is 1. The van der Waals surface area contributed by atoms with Gasteiger partial charge in [-0.1, -0.05) is 6.08 Å². The average Bonchev–Trinajstić information content (AvgIpc) is 2.63. The Labute approximate surface area is 97.1 Å². The Balaban J connectivity index is 1.76. The van der Waals surface area contributed by atoms with E-state index in [0.29, 0.717) is 12.0 Å². The van der Waals surface area contributed by atoms with Crippen LogP contribution in [0.2, 0.25) is 0 Å². The Morgan fingerprint density at radius 1 is 1.31 bits per heavy atom. The number of fused-ring (bicyclic) bond motifs is 1. The van der Waals surface area contributed by atoms with E-state index in [1.807, 2.05) is 6.26 Å². The van der Waals surface area contributed by atoms with Gasteiger partial charge in [-0.05, 0) is 31.9 Å². The monoisotopic (exact) mass is 220 g/mol. The normalized spacial score (nSPS) is 34.0. The molecule has 0 spiro atoms. The van der Waals surface area contributed by atoms with Crippen molar-refractivity contribution in [2.45, 2.75) is 25.4 Å². The van der Waals surface area contributed by atoms with E-state index in [1.54, 1.807) is 0 Å². The molecule has 0 aromatic heterocycles. The minimum Gasteiger partial charge on any atom is -0.497 e. The number of hydrogen-bond donors (Lipinski definition) is 1. The largest absolute Gasteiger partial charge is 0.497 e. The van der Waals surface area contributed by atoms with Gasteiger partial charge in [0, 0.05) is 25.3 Å². The molecule has 2 aliphatic heterocycles. The van der Waals surface area contributed by atoms with Crippen molar-refractivity contribution in [2.75, 3.05) is 26.2 Å². The van der Waals surface area contributed by atoms with Crippen LogP contribution in [0.25, 0.3) is 0 Å². The maximum absolute atomic E-state index is 5.65. The van der Waals surface area contributed by atoms with E-state index >= 15 is 0 Å². The van der Waals surface area contributed by atoms with Gasteiger partial charge in [-0.2, -0.15) is 0 Å². The van der Waals surface area contributed by atoms with Crippen LogP contribution in [0.5, 0.6) is 0 Å². The molecule has 0 amide bonds. The van der Waals surface area contributed by atoms with Crippen molar-refractivity contribution in [3.8, 4) is 0 Å². The van der Waals surface area contributed by atoms with Crippen molar-refractivity contribution in [3.63, 3.8) is 0 Å². The molecule has 2 atom stereocenters. The molecule has 1 N–H and O–H groups in total. The zero-order chi connectivity index (χ0) is 10.8. The summed E-state index contributed by atoms with van der Waals surface area (Å²) in [5.74, 6) is 0.520. The summed E-state index contributed by atoms with van der Waals surface area (Å²) in [5.41, 5.74) is 1.51. The molecule has 3 heteroatoms. The SMILES string of the molecule is C1=CC2C(N3CCCNCC3)=CCCC2O1. The number of nitrogens with zero attached hydrogens (tertiary/aromatic N) is 1. The lowest BCUT2D eigenvalue weighted by atomic mass is 9.89. The molecule has 0 bridgehead atoms. The van der Waals surface area contributed by atoms with Gasteiger partial charge in [-0.15, -0.1) is 0 Å². The fraction of sp³-hybridized carbons (Fsp3) is 0.692. The third-order valence-electron chi connectivity index (χ3n) is 3.79. The number of hydrogen-bond acceptors (Lipinski definition) is 3. The minimum absolute atomic E-state index is 0.413. The summed E-state index contributed by atoms with van der Waals surface area (Å²) in [6, 6.07) is 0. The van der Waals surface area contributed by atoms with Gasteiger partial charge in [0.2, 0.25) is 0 Å². The van der Waals surface area contributed by atoms with Crippen LogP contribution in [0.4, 0.5) is 0 Å². The molecular weight excluding hydrogens is 200 g/mol. The van der Waals surface area contributed by atoms with E-state index < -0.39 is 0 Å². The highest BCUT2D eigenvalue weighted by atomic mass is 16.5. The zero-order valence-electron chi connectivity index (χ0n) is 9.69. The smallest absolute Gasteiger partial charge is 0.110 e. The first-order chi connectivity index (χ1) is 7.95. The Morgan fingerprint density at radius 3 is 3.31 bits per heavy atom. The molecule has 2 heterocycles. The van der Waals surface area contributed by atoms with Crippen LogP contribution in [-0.2, 0) is 4.74 Å². The second kappa shape index (κ2) is 4.50. The predicted octanol–water partition coefficient (Wildman–Crippen LogP) is 1.49. The fourth-order valence-electron chi connectivity index (χ4n) is 2.95. The lowest BCUT2D eigenvalue weighted by Crippen LogP contribution is -2.35. The lowest BCUT2D eigenvalue weighted by Gasteiger charge is -2.34. The molecule has 1 saturated heterocycles. The summed E-state index contributed by atoms with van der Waals surface area (Å²) < 4.78 is 5.65. The minimum atomic E-state index is 0.413. The van der Waals surface area contributed by atoms with Crippen molar-refractivity contribution in [2.24, 2.45) is 5.92 Å². The first kappa shape index (κ1) is 10.2. The van der Waals surface area contributed by atoms with Crippen LogP contribution < -0.4 is 5.32 Å².